The molecule has 0 spiro atoms. The van der Waals surface area contributed by atoms with Gasteiger partial charge in [0.1, 0.15) is 0 Å². The van der Waals surface area contributed by atoms with Gasteiger partial charge in [-0.25, -0.2) is 0 Å². The van der Waals surface area contributed by atoms with Crippen LogP contribution in [0.15, 0.2) is 72.8 Å². The zero-order chi connectivity index (χ0) is 24.0. The molecule has 1 N–H and O–H groups in total. The molecule has 2 heterocycles. The summed E-state index contributed by atoms with van der Waals surface area (Å²) >= 11 is 0. The van der Waals surface area contributed by atoms with Gasteiger partial charge in [0.15, 0.2) is 0 Å². The van der Waals surface area contributed by atoms with Crippen LogP contribution < -0.4 is 20.0 Å². The second kappa shape index (κ2) is 10.5. The van der Waals surface area contributed by atoms with Crippen molar-refractivity contribution in [2.75, 3.05) is 72.5 Å². The molecule has 1 amide bonds. The maximum atomic E-state index is 12.7. The summed E-state index contributed by atoms with van der Waals surface area (Å²) in [4.78, 5) is 19.7. The van der Waals surface area contributed by atoms with Crippen molar-refractivity contribution < 1.29 is 9.53 Å². The summed E-state index contributed by atoms with van der Waals surface area (Å²) in [6.45, 7) is 6.92. The molecule has 2 saturated heterocycles. The number of piperazine rings is 1. The van der Waals surface area contributed by atoms with E-state index in [4.69, 9.17) is 10.00 Å². The summed E-state index contributed by atoms with van der Waals surface area (Å²) < 4.78 is 5.41. The molecule has 0 radical (unpaired) electrons. The second-order valence-corrected chi connectivity index (χ2v) is 8.78. The predicted octanol–water partition coefficient (Wildman–Crippen LogP) is 3.97. The molecular weight excluding hydrogens is 438 g/mol. The van der Waals surface area contributed by atoms with Crippen molar-refractivity contribution in [3.63, 3.8) is 0 Å². The molecule has 0 atom stereocenters. The van der Waals surface area contributed by atoms with E-state index in [0.717, 1.165) is 75.2 Å². The Kier molecular flexibility index (Phi) is 6.82. The van der Waals surface area contributed by atoms with E-state index in [-0.39, 0.29) is 5.91 Å². The Morgan fingerprint density at radius 3 is 1.66 bits per heavy atom. The number of nitriles is 1. The number of amides is 1. The topological polar surface area (TPSA) is 71.8 Å². The summed E-state index contributed by atoms with van der Waals surface area (Å²) in [7, 11) is 0. The molecule has 7 nitrogen and oxygen atoms in total. The first-order valence-electron chi connectivity index (χ1n) is 12.0. The molecule has 0 aliphatic carbocycles. The fraction of sp³-hybridized carbons (Fsp3) is 0.286. The number of carbonyl (C=O) groups excluding carboxylic acids is 1. The Labute approximate surface area is 206 Å². The van der Waals surface area contributed by atoms with Crippen LogP contribution >= 0.6 is 0 Å². The third-order valence-electron chi connectivity index (χ3n) is 6.64. The molecule has 3 aromatic rings. The minimum atomic E-state index is -0.109. The SMILES string of the molecule is N#Cc1ccc(N2CCN(c3ccc(NC(=O)c4ccc(N5CCOCC5)cc4)cc3)CC2)cc1. The van der Waals surface area contributed by atoms with Gasteiger partial charge in [0.25, 0.3) is 5.91 Å². The van der Waals surface area contributed by atoms with Crippen LogP contribution in [0.1, 0.15) is 15.9 Å². The molecule has 2 aliphatic rings. The van der Waals surface area contributed by atoms with Gasteiger partial charge in [0, 0.05) is 67.6 Å². The molecule has 0 bridgehead atoms. The normalized spacial score (nSPS) is 16.0. The molecule has 7 heteroatoms. The third-order valence-corrected chi connectivity index (χ3v) is 6.64. The number of anilines is 4. The van der Waals surface area contributed by atoms with Crippen molar-refractivity contribution in [2.45, 2.75) is 0 Å². The summed E-state index contributed by atoms with van der Waals surface area (Å²) in [5, 5.41) is 12.0. The molecule has 0 aromatic heterocycles. The van der Waals surface area contributed by atoms with Crippen molar-refractivity contribution in [1.82, 2.24) is 0 Å². The van der Waals surface area contributed by atoms with E-state index < -0.39 is 0 Å². The second-order valence-electron chi connectivity index (χ2n) is 8.78. The van der Waals surface area contributed by atoms with Crippen LogP contribution in [0.4, 0.5) is 22.7 Å². The minimum absolute atomic E-state index is 0.109. The first kappa shape index (κ1) is 22.8. The van der Waals surface area contributed by atoms with Crippen LogP contribution in [-0.4, -0.2) is 58.4 Å². The van der Waals surface area contributed by atoms with Gasteiger partial charge < -0.3 is 24.8 Å². The van der Waals surface area contributed by atoms with Crippen molar-refractivity contribution in [3.8, 4) is 6.07 Å². The quantitative estimate of drug-likeness (QED) is 0.612. The summed E-state index contributed by atoms with van der Waals surface area (Å²) in [5.74, 6) is -0.109. The van der Waals surface area contributed by atoms with Crippen LogP contribution in [0.5, 0.6) is 0 Å². The van der Waals surface area contributed by atoms with E-state index >= 15 is 0 Å². The zero-order valence-electron chi connectivity index (χ0n) is 19.7. The molecular formula is C28H29N5O2. The highest BCUT2D eigenvalue weighted by Gasteiger charge is 2.18. The summed E-state index contributed by atoms with van der Waals surface area (Å²) in [6, 6.07) is 25.7. The average molecular weight is 468 g/mol. The highest BCUT2D eigenvalue weighted by Crippen LogP contribution is 2.23. The lowest BCUT2D eigenvalue weighted by Crippen LogP contribution is -2.46. The summed E-state index contributed by atoms with van der Waals surface area (Å²) in [6.07, 6.45) is 0. The van der Waals surface area contributed by atoms with Gasteiger partial charge in [-0.3, -0.25) is 4.79 Å². The van der Waals surface area contributed by atoms with Crippen LogP contribution in [0, 0.1) is 11.3 Å². The van der Waals surface area contributed by atoms with E-state index in [1.165, 1.54) is 0 Å². The van der Waals surface area contributed by atoms with Crippen LogP contribution in [0.3, 0.4) is 0 Å². The lowest BCUT2D eigenvalue weighted by Gasteiger charge is -2.37. The maximum Gasteiger partial charge on any atom is 0.255 e. The Morgan fingerprint density at radius 1 is 0.686 bits per heavy atom. The van der Waals surface area contributed by atoms with Crippen molar-refractivity contribution in [2.24, 2.45) is 0 Å². The van der Waals surface area contributed by atoms with E-state index in [2.05, 4.69) is 38.2 Å². The Balaban J connectivity index is 1.14. The van der Waals surface area contributed by atoms with Crippen molar-refractivity contribution in [3.05, 3.63) is 83.9 Å². The fourth-order valence-corrected chi connectivity index (χ4v) is 4.57. The van der Waals surface area contributed by atoms with E-state index in [1.54, 1.807) is 0 Å². The monoisotopic (exact) mass is 467 g/mol. The lowest BCUT2D eigenvalue weighted by molar-refractivity contribution is 0.102. The van der Waals surface area contributed by atoms with Gasteiger partial charge in [0.05, 0.1) is 24.8 Å². The highest BCUT2D eigenvalue weighted by molar-refractivity contribution is 6.04. The van der Waals surface area contributed by atoms with E-state index in [0.29, 0.717) is 11.1 Å². The molecule has 0 saturated carbocycles. The van der Waals surface area contributed by atoms with Gasteiger partial charge >= 0.3 is 0 Å². The first-order valence-corrected chi connectivity index (χ1v) is 12.0. The number of ether oxygens (including phenoxy) is 1. The molecule has 0 unspecified atom stereocenters. The Bertz CT molecular complexity index is 1170. The first-order chi connectivity index (χ1) is 17.2. The van der Waals surface area contributed by atoms with Gasteiger partial charge in [-0.15, -0.1) is 0 Å². The Morgan fingerprint density at radius 2 is 1.14 bits per heavy atom. The van der Waals surface area contributed by atoms with Crippen molar-refractivity contribution >= 4 is 28.7 Å². The van der Waals surface area contributed by atoms with E-state index in [9.17, 15) is 4.79 Å². The average Bonchev–Trinajstić information content (AvgIpc) is 2.94. The Hall–Kier alpha value is -4.02. The molecule has 178 valence electrons. The lowest BCUT2D eigenvalue weighted by atomic mass is 10.1. The predicted molar refractivity (Wildman–Crippen MR) is 139 cm³/mol. The number of carbonyl (C=O) groups is 1. The number of rotatable bonds is 5. The van der Waals surface area contributed by atoms with Gasteiger partial charge in [-0.2, -0.15) is 5.26 Å². The smallest absolute Gasteiger partial charge is 0.255 e. The molecule has 2 fully saturated rings. The number of nitrogens with one attached hydrogen (secondary N) is 1. The minimum Gasteiger partial charge on any atom is -0.378 e. The largest absolute Gasteiger partial charge is 0.378 e. The van der Waals surface area contributed by atoms with Crippen LogP contribution in [-0.2, 0) is 4.74 Å². The van der Waals surface area contributed by atoms with E-state index in [1.807, 2.05) is 60.7 Å². The van der Waals surface area contributed by atoms with Gasteiger partial charge in [0.2, 0.25) is 0 Å². The zero-order valence-corrected chi connectivity index (χ0v) is 19.7. The summed E-state index contributed by atoms with van der Waals surface area (Å²) in [5.41, 5.74) is 5.53. The fourth-order valence-electron chi connectivity index (χ4n) is 4.57. The number of benzene rings is 3. The third kappa shape index (κ3) is 5.39. The van der Waals surface area contributed by atoms with Crippen molar-refractivity contribution in [1.29, 1.82) is 5.26 Å². The van der Waals surface area contributed by atoms with Gasteiger partial charge in [-0.05, 0) is 72.8 Å². The highest BCUT2D eigenvalue weighted by atomic mass is 16.5. The maximum absolute atomic E-state index is 12.7. The number of hydrogen-bond donors (Lipinski definition) is 1. The van der Waals surface area contributed by atoms with Crippen LogP contribution in [0.2, 0.25) is 0 Å². The number of hydrogen-bond acceptors (Lipinski definition) is 6. The molecule has 35 heavy (non-hydrogen) atoms. The molecule has 2 aliphatic heterocycles. The number of morpholine rings is 1. The standard InChI is InChI=1S/C28H29N5O2/c29-21-22-1-7-25(8-2-22)31-13-15-32(16-14-31)27-11-5-24(6-12-27)30-28(34)23-3-9-26(10-4-23)33-17-19-35-20-18-33/h1-12H,13-20H2,(H,30,34). The molecule has 3 aromatic carbocycles. The van der Waals surface area contributed by atoms with Gasteiger partial charge in [-0.1, -0.05) is 0 Å². The van der Waals surface area contributed by atoms with Crippen LogP contribution in [0.25, 0.3) is 0 Å². The molecule has 5 rings (SSSR count). The number of nitrogens with zero attached hydrogens (tertiary/aromatic N) is 4.